The summed E-state index contributed by atoms with van der Waals surface area (Å²) in [5.74, 6) is 1.29. The SMILES string of the molecule is Cc1ccc(CN(C)C(=O)c2cc(Cl)ncc2Cl)o1. The lowest BCUT2D eigenvalue weighted by Gasteiger charge is -2.16. The third-order valence-electron chi connectivity index (χ3n) is 2.59. The maximum Gasteiger partial charge on any atom is 0.255 e. The third-order valence-corrected chi connectivity index (χ3v) is 3.10. The Kier molecular flexibility index (Phi) is 4.12. The van der Waals surface area contributed by atoms with Gasteiger partial charge in [-0.05, 0) is 25.1 Å². The van der Waals surface area contributed by atoms with Gasteiger partial charge in [-0.1, -0.05) is 23.2 Å². The fourth-order valence-electron chi connectivity index (χ4n) is 1.66. The van der Waals surface area contributed by atoms with E-state index >= 15 is 0 Å². The van der Waals surface area contributed by atoms with Crippen LogP contribution in [0, 0.1) is 6.92 Å². The third kappa shape index (κ3) is 3.28. The first kappa shape index (κ1) is 13.9. The molecule has 0 atom stereocenters. The van der Waals surface area contributed by atoms with Crippen LogP contribution < -0.4 is 0 Å². The van der Waals surface area contributed by atoms with Gasteiger partial charge in [0.15, 0.2) is 0 Å². The predicted octanol–water partition coefficient (Wildman–Crippen LogP) is 3.56. The lowest BCUT2D eigenvalue weighted by atomic mass is 10.2. The molecule has 0 saturated carbocycles. The summed E-state index contributed by atoms with van der Waals surface area (Å²) >= 11 is 11.7. The Bertz CT molecular complexity index is 610. The van der Waals surface area contributed by atoms with Gasteiger partial charge in [-0.3, -0.25) is 4.79 Å². The Morgan fingerprint density at radius 2 is 2.16 bits per heavy atom. The molecule has 0 aromatic carbocycles. The molecule has 6 heteroatoms. The fraction of sp³-hybridized carbons (Fsp3) is 0.231. The molecule has 2 rings (SSSR count). The number of hydrogen-bond donors (Lipinski definition) is 0. The highest BCUT2D eigenvalue weighted by molar-refractivity contribution is 6.35. The molecule has 2 heterocycles. The van der Waals surface area contributed by atoms with Crippen molar-refractivity contribution >= 4 is 29.1 Å². The number of pyridine rings is 1. The molecular weight excluding hydrogens is 287 g/mol. The van der Waals surface area contributed by atoms with Crippen molar-refractivity contribution in [1.82, 2.24) is 9.88 Å². The maximum absolute atomic E-state index is 12.2. The van der Waals surface area contributed by atoms with Gasteiger partial charge in [-0.25, -0.2) is 4.98 Å². The molecule has 0 aliphatic heterocycles. The van der Waals surface area contributed by atoms with Gasteiger partial charge >= 0.3 is 0 Å². The Balaban J connectivity index is 2.16. The average Bonchev–Trinajstić information content (AvgIpc) is 2.77. The zero-order valence-electron chi connectivity index (χ0n) is 10.5. The van der Waals surface area contributed by atoms with Crippen LogP contribution in [-0.2, 0) is 6.54 Å². The van der Waals surface area contributed by atoms with Crippen molar-refractivity contribution in [2.75, 3.05) is 7.05 Å². The van der Waals surface area contributed by atoms with Crippen LogP contribution in [0.25, 0.3) is 0 Å². The van der Waals surface area contributed by atoms with E-state index in [0.717, 1.165) is 5.76 Å². The van der Waals surface area contributed by atoms with Crippen LogP contribution in [0.3, 0.4) is 0 Å². The van der Waals surface area contributed by atoms with Crippen LogP contribution in [0.2, 0.25) is 10.2 Å². The standard InChI is InChI=1S/C13H12Cl2N2O2/c1-8-3-4-9(19-8)7-17(2)13(18)10-5-12(15)16-6-11(10)14/h3-6H,7H2,1-2H3. The van der Waals surface area contributed by atoms with E-state index in [0.29, 0.717) is 17.9 Å². The molecule has 2 aromatic heterocycles. The summed E-state index contributed by atoms with van der Waals surface area (Å²) in [5, 5.41) is 0.506. The van der Waals surface area contributed by atoms with Crippen LogP contribution >= 0.6 is 23.2 Å². The average molecular weight is 299 g/mol. The molecule has 1 amide bonds. The summed E-state index contributed by atoms with van der Waals surface area (Å²) < 4.78 is 5.43. The van der Waals surface area contributed by atoms with Gasteiger partial charge in [0.1, 0.15) is 16.7 Å². The summed E-state index contributed by atoms with van der Waals surface area (Å²) in [7, 11) is 1.67. The van der Waals surface area contributed by atoms with Crippen molar-refractivity contribution in [2.45, 2.75) is 13.5 Å². The van der Waals surface area contributed by atoms with Crippen molar-refractivity contribution in [3.05, 3.63) is 51.7 Å². The number of furan rings is 1. The molecular formula is C13H12Cl2N2O2. The van der Waals surface area contributed by atoms with Crippen molar-refractivity contribution in [1.29, 1.82) is 0 Å². The minimum absolute atomic E-state index is 0.231. The Morgan fingerprint density at radius 1 is 1.42 bits per heavy atom. The quantitative estimate of drug-likeness (QED) is 0.814. The molecule has 0 bridgehead atoms. The first-order valence-electron chi connectivity index (χ1n) is 5.59. The number of nitrogens with zero attached hydrogens (tertiary/aromatic N) is 2. The first-order valence-corrected chi connectivity index (χ1v) is 6.35. The lowest BCUT2D eigenvalue weighted by Crippen LogP contribution is -2.26. The summed E-state index contributed by atoms with van der Waals surface area (Å²) in [6, 6.07) is 5.14. The van der Waals surface area contributed by atoms with E-state index in [-0.39, 0.29) is 16.1 Å². The van der Waals surface area contributed by atoms with Crippen molar-refractivity contribution < 1.29 is 9.21 Å². The number of halogens is 2. The molecule has 19 heavy (non-hydrogen) atoms. The molecule has 0 saturated heterocycles. The molecule has 0 aliphatic carbocycles. The van der Waals surface area contributed by atoms with Crippen LogP contribution in [0.5, 0.6) is 0 Å². The van der Waals surface area contributed by atoms with Gasteiger partial charge in [0.25, 0.3) is 5.91 Å². The van der Waals surface area contributed by atoms with E-state index in [2.05, 4.69) is 4.98 Å². The predicted molar refractivity (Wildman–Crippen MR) is 73.5 cm³/mol. The van der Waals surface area contributed by atoms with Gasteiger partial charge in [0.2, 0.25) is 0 Å². The smallest absolute Gasteiger partial charge is 0.255 e. The molecule has 4 nitrogen and oxygen atoms in total. The second-order valence-corrected chi connectivity index (χ2v) is 4.95. The minimum atomic E-state index is -0.233. The Hall–Kier alpha value is -1.52. The van der Waals surface area contributed by atoms with Gasteiger partial charge in [0, 0.05) is 13.2 Å². The van der Waals surface area contributed by atoms with E-state index in [9.17, 15) is 4.79 Å². The summed E-state index contributed by atoms with van der Waals surface area (Å²) in [6.45, 7) is 2.22. The van der Waals surface area contributed by atoms with Crippen molar-refractivity contribution in [2.24, 2.45) is 0 Å². The van der Waals surface area contributed by atoms with Crippen LogP contribution in [0.1, 0.15) is 21.9 Å². The molecule has 0 spiro atoms. The molecule has 0 unspecified atom stereocenters. The number of rotatable bonds is 3. The van der Waals surface area contributed by atoms with Crippen LogP contribution in [0.15, 0.2) is 28.8 Å². The highest BCUT2D eigenvalue weighted by Crippen LogP contribution is 2.20. The molecule has 0 radical (unpaired) electrons. The molecule has 0 aliphatic rings. The van der Waals surface area contributed by atoms with Crippen molar-refractivity contribution in [3.63, 3.8) is 0 Å². The van der Waals surface area contributed by atoms with Crippen LogP contribution in [0.4, 0.5) is 0 Å². The summed E-state index contributed by atoms with van der Waals surface area (Å²) in [6.07, 6.45) is 1.36. The van der Waals surface area contributed by atoms with Gasteiger partial charge in [-0.15, -0.1) is 0 Å². The molecule has 100 valence electrons. The number of amides is 1. The van der Waals surface area contributed by atoms with Crippen LogP contribution in [-0.4, -0.2) is 22.8 Å². The monoisotopic (exact) mass is 298 g/mol. The number of aryl methyl sites for hydroxylation is 1. The van der Waals surface area contributed by atoms with Gasteiger partial charge in [0.05, 0.1) is 17.1 Å². The van der Waals surface area contributed by atoms with E-state index in [1.807, 2.05) is 19.1 Å². The second kappa shape index (κ2) is 5.63. The Morgan fingerprint density at radius 3 is 2.79 bits per heavy atom. The van der Waals surface area contributed by atoms with Gasteiger partial charge < -0.3 is 9.32 Å². The number of carbonyl (C=O) groups excluding carboxylic acids is 1. The number of carbonyl (C=O) groups is 1. The number of aromatic nitrogens is 1. The Labute approximate surface area is 120 Å². The zero-order chi connectivity index (χ0) is 14.0. The number of hydrogen-bond acceptors (Lipinski definition) is 3. The molecule has 2 aromatic rings. The van der Waals surface area contributed by atoms with E-state index < -0.39 is 0 Å². The normalized spacial score (nSPS) is 10.5. The van der Waals surface area contributed by atoms with E-state index in [1.54, 1.807) is 7.05 Å². The molecule has 0 fully saturated rings. The second-order valence-electron chi connectivity index (χ2n) is 4.16. The van der Waals surface area contributed by atoms with Crippen molar-refractivity contribution in [3.8, 4) is 0 Å². The van der Waals surface area contributed by atoms with Gasteiger partial charge in [-0.2, -0.15) is 0 Å². The minimum Gasteiger partial charge on any atom is -0.464 e. The lowest BCUT2D eigenvalue weighted by molar-refractivity contribution is 0.0775. The summed E-state index contributed by atoms with van der Waals surface area (Å²) in [4.78, 5) is 17.6. The maximum atomic E-state index is 12.2. The summed E-state index contributed by atoms with van der Waals surface area (Å²) in [5.41, 5.74) is 0.326. The highest BCUT2D eigenvalue weighted by atomic mass is 35.5. The first-order chi connectivity index (χ1) is 8.97. The fourth-order valence-corrected chi connectivity index (χ4v) is 2.00. The molecule has 0 N–H and O–H groups in total. The topological polar surface area (TPSA) is 46.3 Å². The van der Waals surface area contributed by atoms with E-state index in [1.165, 1.54) is 17.2 Å². The highest BCUT2D eigenvalue weighted by Gasteiger charge is 2.17. The van der Waals surface area contributed by atoms with E-state index in [4.69, 9.17) is 27.6 Å². The largest absolute Gasteiger partial charge is 0.464 e. The zero-order valence-corrected chi connectivity index (χ0v) is 12.0.